The fourth-order valence-electron chi connectivity index (χ4n) is 5.13. The molecule has 0 saturated carbocycles. The van der Waals surface area contributed by atoms with Crippen molar-refractivity contribution >= 4 is 12.4 Å². The van der Waals surface area contributed by atoms with Gasteiger partial charge in [-0.25, -0.2) is 4.98 Å². The summed E-state index contributed by atoms with van der Waals surface area (Å²) in [6.45, 7) is 8.97. The molecule has 2 atom stereocenters. The Morgan fingerprint density at radius 2 is 1.97 bits per heavy atom. The zero-order chi connectivity index (χ0) is 23.1. The van der Waals surface area contributed by atoms with E-state index in [1.165, 1.54) is 11.1 Å². The third kappa shape index (κ3) is 5.27. The molecule has 2 aromatic rings. The topological polar surface area (TPSA) is 78.7 Å². The largest absolute Gasteiger partial charge is 0.483 e. The molecule has 32 heavy (non-hydrogen) atoms. The van der Waals surface area contributed by atoms with E-state index in [0.29, 0.717) is 11.6 Å². The molecule has 7 nitrogen and oxygen atoms in total. The number of aryl methyl sites for hydroxylation is 2. The highest BCUT2D eigenvalue weighted by Crippen LogP contribution is 2.46. The number of fused-ring (bicyclic) bond motifs is 1. The summed E-state index contributed by atoms with van der Waals surface area (Å²) in [7, 11) is 1.89. The average molecular weight is 439 g/mol. The van der Waals surface area contributed by atoms with E-state index in [1.54, 1.807) is 12.5 Å². The summed E-state index contributed by atoms with van der Waals surface area (Å²) in [5, 5.41) is 6.89. The van der Waals surface area contributed by atoms with Crippen molar-refractivity contribution in [1.29, 1.82) is 0 Å². The van der Waals surface area contributed by atoms with Crippen LogP contribution < -0.4 is 0 Å². The molecule has 0 aliphatic carbocycles. The van der Waals surface area contributed by atoms with E-state index in [-0.39, 0.29) is 17.8 Å². The molecular formula is C25H34N4O3. The Morgan fingerprint density at radius 1 is 1.25 bits per heavy atom. The maximum Gasteiger partial charge on any atom is 0.290 e. The first-order valence-corrected chi connectivity index (χ1v) is 11.1. The standard InChI is InChI=1S/C24H32N4O.CH2O2/c1-4-19(2)13-27-14-21-15-28(23(29)22-12-25-18-26(22)3)17-24(21,16-27)11-10-20-8-6-5-7-9-20;2-1-3/h4-9,12,18,21H,10-11,13-17H2,1-3H3;1H,(H,2,3). The lowest BCUT2D eigenvalue weighted by Gasteiger charge is -2.30. The summed E-state index contributed by atoms with van der Waals surface area (Å²) in [6.07, 6.45) is 7.80. The second-order valence-electron chi connectivity index (χ2n) is 9.03. The first kappa shape index (κ1) is 23.7. The van der Waals surface area contributed by atoms with Crippen LogP contribution in [-0.4, -0.2) is 69.6 Å². The van der Waals surface area contributed by atoms with Crippen LogP contribution in [0.15, 0.2) is 54.5 Å². The maximum atomic E-state index is 13.1. The number of imidazole rings is 1. The summed E-state index contributed by atoms with van der Waals surface area (Å²) >= 11 is 0. The average Bonchev–Trinajstić information content (AvgIpc) is 3.45. The van der Waals surface area contributed by atoms with Crippen LogP contribution in [0.1, 0.15) is 36.3 Å². The van der Waals surface area contributed by atoms with Crippen LogP contribution in [0.3, 0.4) is 0 Å². The number of benzene rings is 1. The van der Waals surface area contributed by atoms with E-state index >= 15 is 0 Å². The van der Waals surface area contributed by atoms with Gasteiger partial charge in [0.15, 0.2) is 0 Å². The lowest BCUT2D eigenvalue weighted by atomic mass is 9.76. The van der Waals surface area contributed by atoms with Gasteiger partial charge < -0.3 is 14.6 Å². The zero-order valence-corrected chi connectivity index (χ0v) is 19.3. The van der Waals surface area contributed by atoms with Gasteiger partial charge in [0, 0.05) is 45.2 Å². The highest BCUT2D eigenvalue weighted by atomic mass is 16.3. The Balaban J connectivity index is 0.000000913. The van der Waals surface area contributed by atoms with E-state index in [4.69, 9.17) is 9.90 Å². The molecule has 1 N–H and O–H groups in total. The first-order chi connectivity index (χ1) is 15.4. The fourth-order valence-corrected chi connectivity index (χ4v) is 5.13. The summed E-state index contributed by atoms with van der Waals surface area (Å²) in [6, 6.07) is 10.7. The van der Waals surface area contributed by atoms with Crippen molar-refractivity contribution in [3.63, 3.8) is 0 Å². The molecule has 2 saturated heterocycles. The molecule has 2 aliphatic rings. The Bertz CT molecular complexity index is 940. The van der Waals surface area contributed by atoms with Gasteiger partial charge in [-0.3, -0.25) is 14.5 Å². The fraction of sp³-hybridized carbons (Fsp3) is 0.480. The molecule has 0 spiro atoms. The van der Waals surface area contributed by atoms with Crippen molar-refractivity contribution in [3.8, 4) is 0 Å². The molecule has 1 aromatic heterocycles. The van der Waals surface area contributed by atoms with Gasteiger partial charge in [0.05, 0.1) is 12.5 Å². The van der Waals surface area contributed by atoms with Crippen LogP contribution in [0.5, 0.6) is 0 Å². The number of hydrogen-bond acceptors (Lipinski definition) is 4. The monoisotopic (exact) mass is 438 g/mol. The van der Waals surface area contributed by atoms with Crippen molar-refractivity contribution in [3.05, 3.63) is 65.8 Å². The molecular weight excluding hydrogens is 404 g/mol. The Kier molecular flexibility index (Phi) is 7.85. The number of likely N-dealkylation sites (tertiary alicyclic amines) is 2. The number of carbonyl (C=O) groups excluding carboxylic acids is 1. The van der Waals surface area contributed by atoms with Crippen molar-refractivity contribution in [2.24, 2.45) is 18.4 Å². The Morgan fingerprint density at radius 3 is 2.59 bits per heavy atom. The van der Waals surface area contributed by atoms with Crippen molar-refractivity contribution in [1.82, 2.24) is 19.4 Å². The minimum absolute atomic E-state index is 0.120. The van der Waals surface area contributed by atoms with Crippen LogP contribution in [-0.2, 0) is 18.3 Å². The Labute approximate surface area is 190 Å². The first-order valence-electron chi connectivity index (χ1n) is 11.1. The summed E-state index contributed by atoms with van der Waals surface area (Å²) < 4.78 is 1.83. The molecule has 172 valence electrons. The number of hydrogen-bond donors (Lipinski definition) is 1. The molecule has 7 heteroatoms. The SMILES string of the molecule is CC=C(C)CN1CC2CN(C(=O)c3cncn3C)CC2(CCc2ccccc2)C1.O=CO. The molecule has 3 heterocycles. The normalized spacial score (nSPS) is 22.9. The minimum atomic E-state index is -0.250. The summed E-state index contributed by atoms with van der Waals surface area (Å²) in [4.78, 5) is 30.3. The zero-order valence-electron chi connectivity index (χ0n) is 19.3. The van der Waals surface area contributed by atoms with Gasteiger partial charge in [0.25, 0.3) is 12.4 Å². The number of nitrogens with zero attached hydrogens (tertiary/aromatic N) is 4. The predicted octanol–water partition coefficient (Wildman–Crippen LogP) is 3.09. The number of allylic oxidation sites excluding steroid dienone is 1. The minimum Gasteiger partial charge on any atom is -0.483 e. The highest BCUT2D eigenvalue weighted by molar-refractivity contribution is 5.92. The highest BCUT2D eigenvalue weighted by Gasteiger charge is 2.53. The maximum absolute atomic E-state index is 13.1. The van der Waals surface area contributed by atoms with Crippen molar-refractivity contribution in [2.75, 3.05) is 32.7 Å². The lowest BCUT2D eigenvalue weighted by Crippen LogP contribution is -2.38. The number of carboxylic acid groups (broad SMARTS) is 1. The number of rotatable bonds is 6. The van der Waals surface area contributed by atoms with Gasteiger partial charge in [-0.2, -0.15) is 0 Å². The molecule has 2 fully saturated rings. The molecule has 2 unspecified atom stereocenters. The quantitative estimate of drug-likeness (QED) is 0.554. The smallest absolute Gasteiger partial charge is 0.290 e. The van der Waals surface area contributed by atoms with Gasteiger partial charge in [0.2, 0.25) is 0 Å². The summed E-state index contributed by atoms with van der Waals surface area (Å²) in [5.41, 5.74) is 3.67. The molecule has 1 aromatic carbocycles. The van der Waals surface area contributed by atoms with E-state index in [0.717, 1.165) is 45.6 Å². The second kappa shape index (κ2) is 10.6. The second-order valence-corrected chi connectivity index (χ2v) is 9.03. The van der Waals surface area contributed by atoms with Crippen LogP contribution >= 0.6 is 0 Å². The third-order valence-corrected chi connectivity index (χ3v) is 6.87. The number of amides is 1. The van der Waals surface area contributed by atoms with Crippen LogP contribution in [0.2, 0.25) is 0 Å². The van der Waals surface area contributed by atoms with Crippen molar-refractivity contribution in [2.45, 2.75) is 26.7 Å². The van der Waals surface area contributed by atoms with Gasteiger partial charge in [0.1, 0.15) is 5.69 Å². The van der Waals surface area contributed by atoms with Crippen LogP contribution in [0.25, 0.3) is 0 Å². The number of carbonyl (C=O) groups is 2. The van der Waals surface area contributed by atoms with Gasteiger partial charge in [-0.15, -0.1) is 0 Å². The molecule has 4 rings (SSSR count). The van der Waals surface area contributed by atoms with Crippen molar-refractivity contribution < 1.29 is 14.7 Å². The van der Waals surface area contributed by atoms with Crippen LogP contribution in [0, 0.1) is 11.3 Å². The Hall–Kier alpha value is -2.93. The summed E-state index contributed by atoms with van der Waals surface area (Å²) in [5.74, 6) is 0.655. The molecule has 1 amide bonds. The third-order valence-electron chi connectivity index (χ3n) is 6.87. The van der Waals surface area contributed by atoms with E-state index < -0.39 is 0 Å². The lowest BCUT2D eigenvalue weighted by molar-refractivity contribution is -0.122. The molecule has 0 bridgehead atoms. The van der Waals surface area contributed by atoms with E-state index in [9.17, 15) is 4.79 Å². The van der Waals surface area contributed by atoms with Gasteiger partial charge in [-0.05, 0) is 38.2 Å². The van der Waals surface area contributed by atoms with E-state index in [1.807, 2.05) is 11.6 Å². The van der Waals surface area contributed by atoms with Crippen LogP contribution in [0.4, 0.5) is 0 Å². The molecule has 0 radical (unpaired) electrons. The van der Waals surface area contributed by atoms with Gasteiger partial charge in [-0.1, -0.05) is 42.0 Å². The number of aromatic nitrogens is 2. The van der Waals surface area contributed by atoms with Gasteiger partial charge >= 0.3 is 0 Å². The predicted molar refractivity (Wildman–Crippen MR) is 124 cm³/mol. The molecule has 2 aliphatic heterocycles. The van der Waals surface area contributed by atoms with E-state index in [2.05, 4.69) is 65.0 Å².